The van der Waals surface area contributed by atoms with Crippen LogP contribution in [0.25, 0.3) is 0 Å². The highest BCUT2D eigenvalue weighted by Crippen LogP contribution is 2.47. The van der Waals surface area contributed by atoms with Crippen molar-refractivity contribution in [1.82, 2.24) is 10.6 Å². The van der Waals surface area contributed by atoms with Crippen LogP contribution >= 0.6 is 11.8 Å². The van der Waals surface area contributed by atoms with Crippen molar-refractivity contribution in [2.75, 3.05) is 43.3 Å². The highest BCUT2D eigenvalue weighted by atomic mass is 32.2. The Morgan fingerprint density at radius 3 is 2.19 bits per heavy atom. The number of aromatic hydroxyl groups is 2. The fourth-order valence-electron chi connectivity index (χ4n) is 7.37. The summed E-state index contributed by atoms with van der Waals surface area (Å²) in [6.45, 7) is 7.96. The van der Waals surface area contributed by atoms with Crippen molar-refractivity contribution in [1.29, 1.82) is 0 Å². The lowest BCUT2D eigenvalue weighted by atomic mass is 9.81. The quantitative estimate of drug-likeness (QED) is 0.0417. The lowest BCUT2D eigenvalue weighted by molar-refractivity contribution is -0.250. The summed E-state index contributed by atoms with van der Waals surface area (Å²) in [6, 6.07) is 24.9. The second-order valence-electron chi connectivity index (χ2n) is 14.4. The zero-order valence-corrected chi connectivity index (χ0v) is 35.5. The summed E-state index contributed by atoms with van der Waals surface area (Å²) in [7, 11) is -3.81. The van der Waals surface area contributed by atoms with Gasteiger partial charge in [0.05, 0.1) is 21.2 Å². The molecule has 4 N–H and O–H groups in total. The number of nitrogens with one attached hydrogen (secondary N) is 2. The number of fused-ring (bicyclic) bond motifs is 1. The van der Waals surface area contributed by atoms with Gasteiger partial charge in [-0.2, -0.15) is 0 Å². The number of phenolic OH excluding ortho intramolecular Hbond substituents is 2. The van der Waals surface area contributed by atoms with E-state index in [1.807, 2.05) is 42.7 Å². The van der Waals surface area contributed by atoms with E-state index < -0.39 is 45.6 Å². The first-order valence-electron chi connectivity index (χ1n) is 19.7. The Balaban J connectivity index is 1.44. The third kappa shape index (κ3) is 10.6. The molecule has 2 atom stereocenters. The average Bonchev–Trinajstić information content (AvgIpc) is 3.31. The van der Waals surface area contributed by atoms with Gasteiger partial charge in [-0.05, 0) is 74.4 Å². The van der Waals surface area contributed by atoms with Crippen LogP contribution in [0.4, 0.5) is 11.4 Å². The third-order valence-electron chi connectivity index (χ3n) is 10.3. The molecule has 0 radical (unpaired) electrons. The number of anilines is 2. The van der Waals surface area contributed by atoms with Crippen molar-refractivity contribution in [3.8, 4) is 17.2 Å². The van der Waals surface area contributed by atoms with E-state index in [9.17, 15) is 28.2 Å². The van der Waals surface area contributed by atoms with Crippen molar-refractivity contribution in [2.45, 2.75) is 81.5 Å². The second kappa shape index (κ2) is 19.8. The van der Waals surface area contributed by atoms with Gasteiger partial charge in [-0.15, -0.1) is 11.8 Å². The molecule has 312 valence electrons. The summed E-state index contributed by atoms with van der Waals surface area (Å²) < 4.78 is 46.9. The van der Waals surface area contributed by atoms with Crippen LogP contribution in [0.3, 0.4) is 0 Å². The van der Waals surface area contributed by atoms with Gasteiger partial charge in [0.2, 0.25) is 0 Å². The molecule has 0 spiro atoms. The number of hydrogen-bond acceptors (Lipinski definition) is 11. The number of para-hydroxylation sites is 1. The number of ether oxygens (including phenoxy) is 3. The molecule has 0 saturated carbocycles. The first-order chi connectivity index (χ1) is 27.8. The number of hydrogen-bond donors (Lipinski definition) is 4. The van der Waals surface area contributed by atoms with E-state index in [2.05, 4.69) is 29.4 Å². The number of carbonyl (C=O) groups is 2. The second-order valence-corrected chi connectivity index (χ2v) is 17.2. The Bertz CT molecular complexity index is 2110. The Kier molecular flexibility index (Phi) is 15.1. The minimum absolute atomic E-state index is 0.0157. The summed E-state index contributed by atoms with van der Waals surface area (Å²) >= 11 is 1.38. The number of unbranched alkanes of at least 4 members (excludes halogenated alkanes) is 1. The number of nitrogens with zero attached hydrogens (tertiary/aromatic N) is 1. The summed E-state index contributed by atoms with van der Waals surface area (Å²) in [4.78, 5) is 30.8. The lowest BCUT2D eigenvalue weighted by Gasteiger charge is -2.36. The van der Waals surface area contributed by atoms with Crippen LogP contribution in [0.2, 0.25) is 0 Å². The summed E-state index contributed by atoms with van der Waals surface area (Å²) in [6.07, 6.45) is 5.14. The minimum atomic E-state index is -3.81. The van der Waals surface area contributed by atoms with E-state index in [-0.39, 0.29) is 47.5 Å². The zero-order chi connectivity index (χ0) is 41.9. The summed E-state index contributed by atoms with van der Waals surface area (Å²) in [5, 5.41) is 25.6. The molecule has 1 heterocycles. The summed E-state index contributed by atoms with van der Waals surface area (Å²) in [5.74, 6) is -3.39. The predicted octanol–water partition coefficient (Wildman–Crippen LogP) is 7.65. The SMILES string of the molecule is CCCCC1(CC)CN(c2ccccc2)c2cc(SC)c(OCC(=O)N[C@@H](C(=O)NC(Cc3ccc(O)c(O)c3)(OCC)OCC)c3ccccc3)cc2S(=O)(=O)C1. The van der Waals surface area contributed by atoms with E-state index in [4.69, 9.17) is 14.2 Å². The number of sulfone groups is 1. The van der Waals surface area contributed by atoms with Gasteiger partial charge in [-0.25, -0.2) is 8.42 Å². The molecule has 1 unspecified atom stereocenters. The van der Waals surface area contributed by atoms with Crippen molar-refractivity contribution in [3.05, 3.63) is 102 Å². The molecule has 12 nitrogen and oxygen atoms in total. The van der Waals surface area contributed by atoms with Gasteiger partial charge < -0.3 is 40.0 Å². The molecule has 2 amide bonds. The molecule has 4 aromatic carbocycles. The number of thioether (sulfide) groups is 1. The predicted molar refractivity (Wildman–Crippen MR) is 226 cm³/mol. The Hall–Kier alpha value is -4.76. The molecule has 1 aliphatic rings. The largest absolute Gasteiger partial charge is 0.504 e. The van der Waals surface area contributed by atoms with Crippen molar-refractivity contribution in [3.63, 3.8) is 0 Å². The van der Waals surface area contributed by atoms with Gasteiger partial charge in [-0.1, -0.05) is 81.3 Å². The Morgan fingerprint density at radius 1 is 0.914 bits per heavy atom. The van der Waals surface area contributed by atoms with Gasteiger partial charge in [0.25, 0.3) is 17.7 Å². The van der Waals surface area contributed by atoms with Crippen LogP contribution in [0.15, 0.2) is 101 Å². The first kappa shape index (κ1) is 44.3. The molecular weight excluding hydrogens is 779 g/mol. The summed E-state index contributed by atoms with van der Waals surface area (Å²) in [5.41, 5.74) is 1.95. The maximum absolute atomic E-state index is 14.4. The third-order valence-corrected chi connectivity index (χ3v) is 13.1. The Labute approximate surface area is 346 Å². The van der Waals surface area contributed by atoms with Gasteiger partial charge in [-0.3, -0.25) is 9.59 Å². The van der Waals surface area contributed by atoms with Crippen LogP contribution in [0.5, 0.6) is 17.2 Å². The van der Waals surface area contributed by atoms with E-state index in [0.717, 1.165) is 24.9 Å². The van der Waals surface area contributed by atoms with E-state index >= 15 is 0 Å². The fraction of sp³-hybridized carbons (Fsp3) is 0.409. The van der Waals surface area contributed by atoms with Gasteiger partial charge in [0.1, 0.15) is 11.8 Å². The standard InChI is InChI=1S/C44H55N3O9S2/c1-6-10-23-43(7-2)29-47(33-19-15-12-16-20-33)34-25-38(57-5)37(26-39(34)58(52,53)30-43)54-28-40(50)45-41(32-17-13-11-14-18-32)42(51)46-44(55-8-3,56-9-4)27-31-21-22-35(48)36(49)24-31/h11-22,24-26,41,48-49H,6-10,23,27-30H2,1-5H3,(H,45,50)(H,46,51)/t41-,43?/m1/s1. The maximum atomic E-state index is 14.4. The molecule has 4 aromatic rings. The minimum Gasteiger partial charge on any atom is -0.504 e. The lowest BCUT2D eigenvalue weighted by Crippen LogP contribution is -2.57. The maximum Gasteiger partial charge on any atom is 0.258 e. The average molecular weight is 834 g/mol. The molecule has 0 aliphatic carbocycles. The van der Waals surface area contributed by atoms with Crippen molar-refractivity contribution < 1.29 is 42.4 Å². The zero-order valence-electron chi connectivity index (χ0n) is 33.8. The molecule has 0 saturated heterocycles. The molecular formula is C44H55N3O9S2. The molecule has 5 rings (SSSR count). The van der Waals surface area contributed by atoms with E-state index in [1.54, 1.807) is 50.2 Å². The first-order valence-corrected chi connectivity index (χ1v) is 22.5. The van der Waals surface area contributed by atoms with Gasteiger partial charge in [0.15, 0.2) is 27.9 Å². The monoisotopic (exact) mass is 833 g/mol. The normalized spacial score (nSPS) is 16.8. The molecule has 14 heteroatoms. The molecule has 0 fully saturated rings. The van der Waals surface area contributed by atoms with Crippen LogP contribution in [0, 0.1) is 5.41 Å². The van der Waals surface area contributed by atoms with Crippen LogP contribution in [0.1, 0.15) is 70.5 Å². The highest BCUT2D eigenvalue weighted by molar-refractivity contribution is 7.98. The van der Waals surface area contributed by atoms with E-state index in [0.29, 0.717) is 34.7 Å². The van der Waals surface area contributed by atoms with Crippen LogP contribution in [-0.2, 0) is 35.3 Å². The smallest absolute Gasteiger partial charge is 0.258 e. The molecule has 1 aliphatic heterocycles. The number of carbonyl (C=O) groups excluding carboxylic acids is 2. The van der Waals surface area contributed by atoms with Crippen molar-refractivity contribution >= 4 is 44.8 Å². The van der Waals surface area contributed by atoms with E-state index in [1.165, 1.54) is 30.0 Å². The number of amides is 2. The topological polar surface area (TPSA) is 164 Å². The fourth-order valence-corrected chi connectivity index (χ4v) is 10.1. The Morgan fingerprint density at radius 2 is 1.59 bits per heavy atom. The van der Waals surface area contributed by atoms with Crippen molar-refractivity contribution in [2.24, 2.45) is 5.41 Å². The molecule has 58 heavy (non-hydrogen) atoms. The van der Waals surface area contributed by atoms with Gasteiger partial charge >= 0.3 is 0 Å². The molecule has 0 aromatic heterocycles. The number of rotatable bonds is 19. The number of benzene rings is 4. The highest BCUT2D eigenvalue weighted by Gasteiger charge is 2.42. The number of phenols is 2. The van der Waals surface area contributed by atoms with Crippen LogP contribution < -0.4 is 20.3 Å². The van der Waals surface area contributed by atoms with Gasteiger partial charge in [0, 0.05) is 43.3 Å². The van der Waals surface area contributed by atoms with Crippen LogP contribution in [-0.4, -0.2) is 74.7 Å². The molecule has 0 bridgehead atoms.